The molecule has 6 rings (SSSR count). The van der Waals surface area contributed by atoms with Crippen molar-refractivity contribution < 1.29 is 24.2 Å². The second-order valence-corrected chi connectivity index (χ2v) is 10.1. The molecule has 2 bridgehead atoms. The average molecular weight is 370 g/mol. The van der Waals surface area contributed by atoms with Crippen molar-refractivity contribution >= 4 is 5.78 Å². The van der Waals surface area contributed by atoms with E-state index < -0.39 is 17.1 Å². The highest BCUT2D eigenvalue weighted by Gasteiger charge is 2.76. The van der Waals surface area contributed by atoms with Crippen LogP contribution < -0.4 is 4.74 Å². The van der Waals surface area contributed by atoms with Crippen molar-refractivity contribution in [3.05, 3.63) is 22.8 Å². The van der Waals surface area contributed by atoms with E-state index in [4.69, 9.17) is 4.74 Å². The van der Waals surface area contributed by atoms with E-state index in [1.165, 1.54) is 18.4 Å². The largest absolute Gasteiger partial charge is 0.504 e. The molecular weight excluding hydrogens is 342 g/mol. The number of aromatic hydroxyl groups is 1. The van der Waals surface area contributed by atoms with Gasteiger partial charge in [-0.15, -0.1) is 0 Å². The lowest BCUT2D eigenvalue weighted by Crippen LogP contribution is -2.80. The molecule has 1 aromatic carbocycles. The molecule has 2 saturated carbocycles. The maximum Gasteiger partial charge on any atom is 0.174 e. The Bertz CT molecular complexity index is 893. The summed E-state index contributed by atoms with van der Waals surface area (Å²) in [5.41, 5.74) is 1.59. The summed E-state index contributed by atoms with van der Waals surface area (Å²) < 4.78 is 7.04. The molecule has 3 fully saturated rings. The van der Waals surface area contributed by atoms with Crippen LogP contribution in [0.3, 0.4) is 0 Å². The third-order valence-electron chi connectivity index (χ3n) is 8.63. The van der Waals surface area contributed by atoms with E-state index in [0.29, 0.717) is 18.6 Å². The molecule has 1 aromatic rings. The van der Waals surface area contributed by atoms with Gasteiger partial charge in [-0.3, -0.25) is 4.79 Å². The minimum absolute atomic E-state index is 0.0813. The highest BCUT2D eigenvalue weighted by atomic mass is 16.5. The van der Waals surface area contributed by atoms with Gasteiger partial charge in [-0.25, -0.2) is 0 Å². The van der Waals surface area contributed by atoms with Crippen molar-refractivity contribution in [2.75, 3.05) is 20.1 Å². The van der Waals surface area contributed by atoms with Gasteiger partial charge >= 0.3 is 0 Å². The van der Waals surface area contributed by atoms with Crippen molar-refractivity contribution in [3.63, 3.8) is 0 Å². The molecule has 0 unspecified atom stereocenters. The fourth-order valence-electron chi connectivity index (χ4n) is 7.21. The monoisotopic (exact) mass is 370 g/mol. The van der Waals surface area contributed by atoms with Crippen LogP contribution in [0.4, 0.5) is 0 Å². The first-order valence-corrected chi connectivity index (χ1v) is 10.4. The molecule has 2 heterocycles. The van der Waals surface area contributed by atoms with Crippen LogP contribution >= 0.6 is 0 Å². The molecule has 2 N–H and O–H groups in total. The molecule has 5 nitrogen and oxygen atoms in total. The second-order valence-electron chi connectivity index (χ2n) is 10.1. The zero-order chi connectivity index (χ0) is 18.8. The Labute approximate surface area is 159 Å². The number of phenolic OH excluding ortho intramolecular Hbond substituents is 1. The number of ether oxygens (including phenoxy) is 1. The number of aliphatic hydroxyl groups is 1. The number of carbonyl (C=O) groups excluding carboxylic acids is 1. The molecule has 0 aromatic heterocycles. The molecular formula is C22H28NO4+. The average Bonchev–Trinajstić information content (AvgIpc) is 3.33. The summed E-state index contributed by atoms with van der Waals surface area (Å²) in [7, 11) is 2.32. The van der Waals surface area contributed by atoms with Gasteiger partial charge in [-0.1, -0.05) is 0 Å². The number of carbonyl (C=O) groups is 1. The molecule has 27 heavy (non-hydrogen) atoms. The number of likely N-dealkylation sites (N-methyl/N-ethyl adjacent to an activating group) is 1. The van der Waals surface area contributed by atoms with E-state index in [9.17, 15) is 15.0 Å². The quantitative estimate of drug-likeness (QED) is 0.782. The van der Waals surface area contributed by atoms with Crippen LogP contribution in [-0.2, 0) is 16.6 Å². The Kier molecular flexibility index (Phi) is 2.84. The van der Waals surface area contributed by atoms with E-state index in [1.54, 1.807) is 6.07 Å². The number of hydrogen-bond acceptors (Lipinski definition) is 4. The Hall–Kier alpha value is -1.59. The number of phenols is 1. The topological polar surface area (TPSA) is 66.8 Å². The minimum atomic E-state index is -0.939. The van der Waals surface area contributed by atoms with Gasteiger partial charge < -0.3 is 19.4 Å². The summed E-state index contributed by atoms with van der Waals surface area (Å²) in [6.45, 7) is 4.13. The lowest BCUT2D eigenvalue weighted by Gasteiger charge is -2.64. The van der Waals surface area contributed by atoms with Crippen molar-refractivity contribution in [2.45, 2.75) is 68.6 Å². The van der Waals surface area contributed by atoms with E-state index in [1.807, 2.05) is 6.92 Å². The summed E-state index contributed by atoms with van der Waals surface area (Å²) in [5.74, 6) is 1.44. The zero-order valence-electron chi connectivity index (χ0n) is 16.1. The second kappa shape index (κ2) is 4.69. The molecule has 3 aliphatic carbocycles. The Morgan fingerprint density at radius 1 is 1.33 bits per heavy atom. The third-order valence-corrected chi connectivity index (χ3v) is 8.63. The Balaban J connectivity index is 1.63. The van der Waals surface area contributed by atoms with E-state index in [0.717, 1.165) is 47.5 Å². The van der Waals surface area contributed by atoms with Gasteiger partial charge in [0, 0.05) is 30.7 Å². The summed E-state index contributed by atoms with van der Waals surface area (Å²) in [6.07, 6.45) is 4.41. The number of Topliss-reactive ketones (excluding diaryl/α,β-unsaturated/α-hetero) is 1. The highest BCUT2D eigenvalue weighted by molar-refractivity contribution is 5.90. The molecule has 1 saturated heterocycles. The molecule has 1 spiro atoms. The normalized spacial score (nSPS) is 44.0. The van der Waals surface area contributed by atoms with Gasteiger partial charge in [-0.2, -0.15) is 0 Å². The number of quaternary nitrogens is 1. The number of ketones is 1. The lowest BCUT2D eigenvalue weighted by atomic mass is 9.48. The smallest absolute Gasteiger partial charge is 0.174 e. The lowest BCUT2D eigenvalue weighted by molar-refractivity contribution is -0.950. The van der Waals surface area contributed by atoms with Gasteiger partial charge in [-0.05, 0) is 43.4 Å². The highest BCUT2D eigenvalue weighted by Crippen LogP contribution is 2.66. The van der Waals surface area contributed by atoms with Crippen molar-refractivity contribution in [1.82, 2.24) is 0 Å². The van der Waals surface area contributed by atoms with Crippen LogP contribution in [0.2, 0.25) is 0 Å². The Morgan fingerprint density at radius 2 is 2.11 bits per heavy atom. The SMILES string of the molecule is Cc1cc(O)c2c3c1C[C@H]1[C@]4(O)CCC(=O)[C@H](O2)[C@]34CC[N@+]1(C)CC1CC1. The van der Waals surface area contributed by atoms with Crippen molar-refractivity contribution in [2.24, 2.45) is 5.92 Å². The predicted octanol–water partition coefficient (Wildman–Crippen LogP) is 1.98. The molecule has 5 heteroatoms. The van der Waals surface area contributed by atoms with Crippen LogP contribution in [0.25, 0.3) is 0 Å². The summed E-state index contributed by atoms with van der Waals surface area (Å²) >= 11 is 0. The number of rotatable bonds is 2. The van der Waals surface area contributed by atoms with Crippen LogP contribution in [0.15, 0.2) is 6.07 Å². The number of aryl methyl sites for hydroxylation is 1. The van der Waals surface area contributed by atoms with E-state index >= 15 is 0 Å². The summed E-state index contributed by atoms with van der Waals surface area (Å²) in [4.78, 5) is 12.9. The first-order valence-electron chi connectivity index (χ1n) is 10.4. The molecule has 0 radical (unpaired) electrons. The predicted molar refractivity (Wildman–Crippen MR) is 98.9 cm³/mol. The zero-order valence-corrected chi connectivity index (χ0v) is 16.1. The number of benzene rings is 1. The number of piperidine rings is 1. The maximum absolute atomic E-state index is 12.9. The van der Waals surface area contributed by atoms with Crippen LogP contribution in [0.5, 0.6) is 11.5 Å². The van der Waals surface area contributed by atoms with Gasteiger partial charge in [0.25, 0.3) is 0 Å². The van der Waals surface area contributed by atoms with Gasteiger partial charge in [0.2, 0.25) is 0 Å². The van der Waals surface area contributed by atoms with E-state index in [2.05, 4.69) is 7.05 Å². The van der Waals surface area contributed by atoms with Crippen molar-refractivity contribution in [1.29, 1.82) is 0 Å². The molecule has 5 aliphatic rings. The van der Waals surface area contributed by atoms with Crippen LogP contribution in [0, 0.1) is 12.8 Å². The first-order chi connectivity index (χ1) is 12.8. The fraction of sp³-hybridized carbons (Fsp3) is 0.682. The minimum Gasteiger partial charge on any atom is -0.504 e. The van der Waals surface area contributed by atoms with Gasteiger partial charge in [0.05, 0.1) is 25.6 Å². The maximum atomic E-state index is 12.9. The van der Waals surface area contributed by atoms with Gasteiger partial charge in [0.1, 0.15) is 11.6 Å². The Morgan fingerprint density at radius 3 is 2.85 bits per heavy atom. The van der Waals surface area contributed by atoms with Crippen LogP contribution in [-0.4, -0.2) is 58.4 Å². The molecule has 144 valence electrons. The standard InChI is InChI=1S/C22H27NO4/c1-12-9-16(25)19-18-14(12)10-17-22(26)6-5-15(24)20(27-19)21(18,22)7-8-23(17,2)11-13-3-4-13/h9,13,17,20,26H,3-8,10-11H2,1-2H3/p+1/t17-,20-,21-,22+,23+/m0/s1. The molecule has 5 atom stereocenters. The summed E-state index contributed by atoms with van der Waals surface area (Å²) in [5, 5.41) is 22.8. The van der Waals surface area contributed by atoms with E-state index in [-0.39, 0.29) is 17.6 Å². The molecule has 0 amide bonds. The number of nitrogens with zero attached hydrogens (tertiary/aromatic N) is 1. The van der Waals surface area contributed by atoms with Crippen LogP contribution in [0.1, 0.15) is 48.8 Å². The number of hydrogen-bond donors (Lipinski definition) is 2. The fourth-order valence-corrected chi connectivity index (χ4v) is 7.21. The third kappa shape index (κ3) is 1.72. The molecule has 2 aliphatic heterocycles. The number of likely N-dealkylation sites (tertiary alicyclic amines) is 1. The first kappa shape index (κ1) is 16.4. The van der Waals surface area contributed by atoms with Crippen molar-refractivity contribution in [3.8, 4) is 11.5 Å². The van der Waals surface area contributed by atoms with Gasteiger partial charge in [0.15, 0.2) is 23.4 Å². The summed E-state index contributed by atoms with van der Waals surface area (Å²) in [6, 6.07) is 1.87.